The molecule has 2 aromatic rings. The summed E-state index contributed by atoms with van der Waals surface area (Å²) in [6, 6.07) is 2.95. The fourth-order valence-corrected chi connectivity index (χ4v) is 4.54. The SMILES string of the molecule is CN(Cc1ncn[nH]1)S(=O)(=O)c1c(Cl)cc(Br)cc1Cl. The quantitative estimate of drug-likeness (QED) is 0.857. The van der Waals surface area contributed by atoms with Crippen molar-refractivity contribution in [2.45, 2.75) is 11.4 Å². The lowest BCUT2D eigenvalue weighted by Gasteiger charge is -2.17. The number of aromatic amines is 1. The third-order valence-electron chi connectivity index (χ3n) is 2.47. The van der Waals surface area contributed by atoms with Gasteiger partial charge in [0, 0.05) is 11.5 Å². The second-order valence-electron chi connectivity index (χ2n) is 3.89. The molecule has 0 aliphatic heterocycles. The van der Waals surface area contributed by atoms with E-state index in [1.807, 2.05) is 0 Å². The van der Waals surface area contributed by atoms with Crippen LogP contribution in [-0.4, -0.2) is 35.0 Å². The molecule has 108 valence electrons. The van der Waals surface area contributed by atoms with Crippen LogP contribution in [0.15, 0.2) is 27.8 Å². The number of hydrogen-bond donors (Lipinski definition) is 1. The summed E-state index contributed by atoms with van der Waals surface area (Å²) in [4.78, 5) is 3.74. The molecule has 0 radical (unpaired) electrons. The Morgan fingerprint density at radius 3 is 2.45 bits per heavy atom. The Morgan fingerprint density at radius 1 is 1.35 bits per heavy atom. The summed E-state index contributed by atoms with van der Waals surface area (Å²) in [7, 11) is -2.42. The lowest BCUT2D eigenvalue weighted by Crippen LogP contribution is -2.27. The highest BCUT2D eigenvalue weighted by Gasteiger charge is 2.27. The molecule has 0 spiro atoms. The largest absolute Gasteiger partial charge is 0.262 e. The van der Waals surface area contributed by atoms with Gasteiger partial charge in [-0.05, 0) is 12.1 Å². The molecule has 20 heavy (non-hydrogen) atoms. The van der Waals surface area contributed by atoms with Crippen molar-refractivity contribution in [3.63, 3.8) is 0 Å². The summed E-state index contributed by atoms with van der Waals surface area (Å²) in [5.74, 6) is 0.417. The molecular weight excluding hydrogens is 391 g/mol. The van der Waals surface area contributed by atoms with Gasteiger partial charge in [-0.2, -0.15) is 9.40 Å². The van der Waals surface area contributed by atoms with Gasteiger partial charge in [0.05, 0.1) is 16.6 Å². The third kappa shape index (κ3) is 3.15. The van der Waals surface area contributed by atoms with E-state index in [1.165, 1.54) is 25.5 Å². The van der Waals surface area contributed by atoms with Crippen molar-refractivity contribution < 1.29 is 8.42 Å². The zero-order valence-corrected chi connectivity index (χ0v) is 14.1. The maximum absolute atomic E-state index is 12.5. The number of nitrogens with one attached hydrogen (secondary N) is 1. The van der Waals surface area contributed by atoms with E-state index in [9.17, 15) is 8.42 Å². The molecule has 0 saturated carbocycles. The average Bonchev–Trinajstić information content (AvgIpc) is 2.79. The number of hydrogen-bond acceptors (Lipinski definition) is 4. The van der Waals surface area contributed by atoms with E-state index in [0.29, 0.717) is 10.3 Å². The van der Waals surface area contributed by atoms with Crippen LogP contribution in [0.1, 0.15) is 5.82 Å². The van der Waals surface area contributed by atoms with Crippen molar-refractivity contribution in [1.82, 2.24) is 19.5 Å². The molecule has 1 N–H and O–H groups in total. The van der Waals surface area contributed by atoms with Gasteiger partial charge < -0.3 is 0 Å². The highest BCUT2D eigenvalue weighted by molar-refractivity contribution is 9.10. The second-order valence-corrected chi connectivity index (χ2v) is 7.60. The molecule has 0 atom stereocenters. The van der Waals surface area contributed by atoms with Crippen molar-refractivity contribution in [1.29, 1.82) is 0 Å². The molecule has 1 aromatic carbocycles. The Kier molecular flexibility index (Phi) is 4.70. The fraction of sp³-hybridized carbons (Fsp3) is 0.200. The highest BCUT2D eigenvalue weighted by atomic mass is 79.9. The van der Waals surface area contributed by atoms with Gasteiger partial charge in [-0.1, -0.05) is 39.1 Å². The lowest BCUT2D eigenvalue weighted by molar-refractivity contribution is 0.457. The maximum Gasteiger partial charge on any atom is 0.246 e. The van der Waals surface area contributed by atoms with Gasteiger partial charge in [0.2, 0.25) is 10.0 Å². The Hall–Kier alpha value is -0.670. The standard InChI is InChI=1S/C10H9BrCl2N4O2S/c1-17(4-9-14-5-15-16-9)20(18,19)10-7(12)2-6(11)3-8(10)13/h2-3,5H,4H2,1H3,(H,14,15,16). The summed E-state index contributed by atoms with van der Waals surface area (Å²) in [5.41, 5.74) is 0. The minimum Gasteiger partial charge on any atom is -0.262 e. The second kappa shape index (κ2) is 5.98. The molecule has 1 aromatic heterocycles. The number of sulfonamides is 1. The molecule has 0 fully saturated rings. The van der Waals surface area contributed by atoms with Crippen LogP contribution in [0.25, 0.3) is 0 Å². The van der Waals surface area contributed by atoms with Gasteiger partial charge >= 0.3 is 0 Å². The average molecular weight is 400 g/mol. The van der Waals surface area contributed by atoms with Gasteiger partial charge in [0.15, 0.2) is 0 Å². The topological polar surface area (TPSA) is 79.0 Å². The van der Waals surface area contributed by atoms with Crippen molar-refractivity contribution in [2.75, 3.05) is 7.05 Å². The summed E-state index contributed by atoms with van der Waals surface area (Å²) >= 11 is 15.2. The Morgan fingerprint density at radius 2 is 1.95 bits per heavy atom. The van der Waals surface area contributed by atoms with Gasteiger partial charge in [-0.15, -0.1) is 0 Å². The predicted molar refractivity (Wildman–Crippen MR) is 79.2 cm³/mol. The van der Waals surface area contributed by atoms with E-state index < -0.39 is 10.0 Å². The number of halogens is 3. The van der Waals surface area contributed by atoms with Gasteiger partial charge in [-0.3, -0.25) is 5.10 Å². The molecular formula is C10H9BrCl2N4O2S. The number of nitrogens with zero attached hydrogens (tertiary/aromatic N) is 3. The number of rotatable bonds is 4. The Bertz CT molecular complexity index is 698. The normalized spacial score (nSPS) is 12.1. The van der Waals surface area contributed by atoms with Crippen LogP contribution in [0.4, 0.5) is 0 Å². The predicted octanol–water partition coefficient (Wildman–Crippen LogP) is 2.69. The van der Waals surface area contributed by atoms with E-state index in [0.717, 1.165) is 4.31 Å². The minimum absolute atomic E-state index is 0.0328. The first-order valence-electron chi connectivity index (χ1n) is 5.27. The van der Waals surface area contributed by atoms with Crippen molar-refractivity contribution in [3.05, 3.63) is 38.8 Å². The molecule has 2 rings (SSSR count). The van der Waals surface area contributed by atoms with E-state index in [-0.39, 0.29) is 21.5 Å². The molecule has 6 nitrogen and oxygen atoms in total. The zero-order valence-electron chi connectivity index (χ0n) is 10.1. The Labute approximate surface area is 134 Å². The van der Waals surface area contributed by atoms with Crippen molar-refractivity contribution in [2.24, 2.45) is 0 Å². The van der Waals surface area contributed by atoms with Crippen molar-refractivity contribution in [3.8, 4) is 0 Å². The molecule has 0 aliphatic rings. The lowest BCUT2D eigenvalue weighted by atomic mass is 10.4. The number of aromatic nitrogens is 3. The molecule has 1 heterocycles. The van der Waals surface area contributed by atoms with Crippen LogP contribution < -0.4 is 0 Å². The summed E-state index contributed by atoms with van der Waals surface area (Å²) in [6.45, 7) is 0.0328. The Balaban J connectivity index is 2.40. The van der Waals surface area contributed by atoms with Crippen LogP contribution >= 0.6 is 39.1 Å². The minimum atomic E-state index is -3.83. The molecule has 0 aliphatic carbocycles. The molecule has 10 heteroatoms. The first-order valence-corrected chi connectivity index (χ1v) is 8.26. The first-order chi connectivity index (χ1) is 9.32. The maximum atomic E-state index is 12.5. The van der Waals surface area contributed by atoms with E-state index in [1.54, 1.807) is 0 Å². The van der Waals surface area contributed by atoms with Crippen LogP contribution in [0.3, 0.4) is 0 Å². The van der Waals surface area contributed by atoms with Crippen molar-refractivity contribution >= 4 is 49.2 Å². The van der Waals surface area contributed by atoms with Crippen LogP contribution in [-0.2, 0) is 16.6 Å². The van der Waals surface area contributed by atoms with Gasteiger partial charge in [0.1, 0.15) is 17.0 Å². The van der Waals surface area contributed by atoms with Crippen LogP contribution in [0.5, 0.6) is 0 Å². The highest BCUT2D eigenvalue weighted by Crippen LogP contribution is 2.34. The van der Waals surface area contributed by atoms with Gasteiger partial charge in [-0.25, -0.2) is 13.4 Å². The first kappa shape index (κ1) is 15.7. The van der Waals surface area contributed by atoms with Crippen LogP contribution in [0.2, 0.25) is 10.0 Å². The summed E-state index contributed by atoms with van der Waals surface area (Å²) in [6.07, 6.45) is 1.30. The van der Waals surface area contributed by atoms with Crippen LogP contribution in [0, 0.1) is 0 Å². The fourth-order valence-electron chi connectivity index (χ4n) is 1.53. The van der Waals surface area contributed by atoms with E-state index in [2.05, 4.69) is 31.1 Å². The van der Waals surface area contributed by atoms with Gasteiger partial charge in [0.25, 0.3) is 0 Å². The molecule has 0 saturated heterocycles. The van der Waals surface area contributed by atoms with E-state index in [4.69, 9.17) is 23.2 Å². The molecule has 0 bridgehead atoms. The van der Waals surface area contributed by atoms with E-state index >= 15 is 0 Å². The zero-order chi connectivity index (χ0) is 14.9. The summed E-state index contributed by atoms with van der Waals surface area (Å²) in [5, 5.41) is 6.35. The summed E-state index contributed by atoms with van der Waals surface area (Å²) < 4.78 is 26.7. The number of H-pyrrole nitrogens is 1. The molecule has 0 amide bonds. The monoisotopic (exact) mass is 398 g/mol. The molecule has 0 unspecified atom stereocenters. The third-order valence-corrected chi connectivity index (χ3v) is 5.65. The number of benzene rings is 1. The smallest absolute Gasteiger partial charge is 0.246 e.